The maximum Gasteiger partial charge on any atom is 0.119 e. The minimum atomic E-state index is 0.754. The molecule has 3 aliphatic rings. The molecule has 3 heterocycles. The first-order valence-electron chi connectivity index (χ1n) is 10.3. The number of morpholine rings is 1. The molecule has 0 saturated carbocycles. The van der Waals surface area contributed by atoms with Crippen molar-refractivity contribution in [3.63, 3.8) is 0 Å². The highest BCUT2D eigenvalue weighted by molar-refractivity contribution is 5.28. The van der Waals surface area contributed by atoms with Crippen LogP contribution in [0.25, 0.3) is 0 Å². The zero-order chi connectivity index (χ0) is 17.6. The molecular formula is C21H33N3O2. The monoisotopic (exact) mass is 359 g/mol. The van der Waals surface area contributed by atoms with E-state index >= 15 is 0 Å². The third-order valence-electron chi connectivity index (χ3n) is 5.97. The fourth-order valence-electron chi connectivity index (χ4n) is 4.54. The van der Waals surface area contributed by atoms with Gasteiger partial charge < -0.3 is 9.47 Å². The minimum Gasteiger partial charge on any atom is -0.492 e. The molecular weight excluding hydrogens is 326 g/mol. The van der Waals surface area contributed by atoms with Crippen molar-refractivity contribution in [2.24, 2.45) is 0 Å². The third-order valence-corrected chi connectivity index (χ3v) is 5.97. The number of hydrogen-bond acceptors (Lipinski definition) is 5. The van der Waals surface area contributed by atoms with E-state index in [-0.39, 0.29) is 0 Å². The van der Waals surface area contributed by atoms with Crippen LogP contribution in [0.2, 0.25) is 0 Å². The number of nitrogens with zero attached hydrogens (tertiary/aromatic N) is 3. The first-order valence-corrected chi connectivity index (χ1v) is 10.3. The largest absolute Gasteiger partial charge is 0.492 e. The number of fused-ring (bicyclic) bond motifs is 1. The molecule has 3 saturated heterocycles. The van der Waals surface area contributed by atoms with Gasteiger partial charge in [-0.25, -0.2) is 0 Å². The predicted octanol–water partition coefficient (Wildman–Crippen LogP) is 2.07. The highest BCUT2D eigenvalue weighted by Crippen LogP contribution is 2.23. The molecule has 0 spiro atoms. The van der Waals surface area contributed by atoms with Gasteiger partial charge in [0, 0.05) is 38.8 Å². The second kappa shape index (κ2) is 9.18. The zero-order valence-corrected chi connectivity index (χ0v) is 15.9. The van der Waals surface area contributed by atoms with Gasteiger partial charge in [-0.1, -0.05) is 12.1 Å². The van der Waals surface area contributed by atoms with E-state index in [4.69, 9.17) is 9.47 Å². The molecule has 3 aliphatic heterocycles. The Kier molecular flexibility index (Phi) is 6.44. The Morgan fingerprint density at radius 2 is 1.88 bits per heavy atom. The molecule has 5 nitrogen and oxygen atoms in total. The average Bonchev–Trinajstić information content (AvgIpc) is 3.01. The summed E-state index contributed by atoms with van der Waals surface area (Å²) in [4.78, 5) is 7.76. The Balaban J connectivity index is 1.26. The number of ether oxygens (including phenoxy) is 2. The normalized spacial score (nSPS) is 25.8. The third kappa shape index (κ3) is 4.97. The quantitative estimate of drug-likeness (QED) is 0.775. The van der Waals surface area contributed by atoms with Crippen LogP contribution in [0.3, 0.4) is 0 Å². The smallest absolute Gasteiger partial charge is 0.119 e. The number of hydrogen-bond donors (Lipinski definition) is 0. The van der Waals surface area contributed by atoms with Crippen LogP contribution >= 0.6 is 0 Å². The van der Waals surface area contributed by atoms with Gasteiger partial charge in [0.15, 0.2) is 0 Å². The van der Waals surface area contributed by atoms with Crippen LogP contribution in [0.15, 0.2) is 24.3 Å². The molecule has 0 unspecified atom stereocenters. The van der Waals surface area contributed by atoms with Crippen molar-refractivity contribution in [2.45, 2.75) is 31.8 Å². The highest BCUT2D eigenvalue weighted by atomic mass is 16.5. The van der Waals surface area contributed by atoms with E-state index in [1.54, 1.807) is 0 Å². The highest BCUT2D eigenvalue weighted by Gasteiger charge is 2.28. The van der Waals surface area contributed by atoms with E-state index in [2.05, 4.69) is 39.0 Å². The van der Waals surface area contributed by atoms with Crippen molar-refractivity contribution in [2.75, 3.05) is 65.6 Å². The molecule has 1 aromatic rings. The summed E-state index contributed by atoms with van der Waals surface area (Å²) >= 11 is 0. The van der Waals surface area contributed by atoms with Gasteiger partial charge in [0.2, 0.25) is 0 Å². The molecule has 4 rings (SSSR count). The molecule has 0 bridgehead atoms. The van der Waals surface area contributed by atoms with Gasteiger partial charge in [0.05, 0.1) is 13.2 Å². The van der Waals surface area contributed by atoms with Crippen molar-refractivity contribution in [1.29, 1.82) is 0 Å². The van der Waals surface area contributed by atoms with E-state index in [1.807, 2.05) is 0 Å². The Morgan fingerprint density at radius 3 is 2.81 bits per heavy atom. The molecule has 0 radical (unpaired) electrons. The van der Waals surface area contributed by atoms with E-state index in [9.17, 15) is 0 Å². The Morgan fingerprint density at radius 1 is 1.00 bits per heavy atom. The standard InChI is InChI=1S/C21H33N3O2/c1-4-19(17-23-7-3-9-24-8-2-5-20(24)18-23)16-21(6-1)26-15-12-22-10-13-25-14-11-22/h1,4,6,16,20H,2-3,5,7-15,17-18H2/t20-/m0/s1. The van der Waals surface area contributed by atoms with Crippen LogP contribution in [0.4, 0.5) is 0 Å². The van der Waals surface area contributed by atoms with Crippen LogP contribution in [0.1, 0.15) is 24.8 Å². The Hall–Kier alpha value is -1.14. The first-order chi connectivity index (χ1) is 12.9. The summed E-state index contributed by atoms with van der Waals surface area (Å²) in [6, 6.07) is 9.48. The summed E-state index contributed by atoms with van der Waals surface area (Å²) < 4.78 is 11.4. The van der Waals surface area contributed by atoms with E-state index in [0.717, 1.165) is 57.8 Å². The minimum absolute atomic E-state index is 0.754. The maximum atomic E-state index is 6.02. The van der Waals surface area contributed by atoms with Crippen LogP contribution in [0.5, 0.6) is 5.75 Å². The van der Waals surface area contributed by atoms with Gasteiger partial charge in [0.1, 0.15) is 12.4 Å². The maximum absolute atomic E-state index is 6.02. The zero-order valence-electron chi connectivity index (χ0n) is 15.9. The topological polar surface area (TPSA) is 28.2 Å². The Bertz CT molecular complexity index is 562. The van der Waals surface area contributed by atoms with Crippen molar-refractivity contribution < 1.29 is 9.47 Å². The first kappa shape index (κ1) is 18.2. The predicted molar refractivity (Wildman–Crippen MR) is 104 cm³/mol. The van der Waals surface area contributed by atoms with Crippen molar-refractivity contribution >= 4 is 0 Å². The van der Waals surface area contributed by atoms with Crippen molar-refractivity contribution in [3.05, 3.63) is 29.8 Å². The summed E-state index contributed by atoms with van der Waals surface area (Å²) in [7, 11) is 0. The molecule has 26 heavy (non-hydrogen) atoms. The summed E-state index contributed by atoms with van der Waals surface area (Å²) in [6.45, 7) is 11.6. The molecule has 0 N–H and O–H groups in total. The van der Waals surface area contributed by atoms with Gasteiger partial charge in [0.25, 0.3) is 0 Å². The van der Waals surface area contributed by atoms with E-state index in [0.29, 0.717) is 0 Å². The number of rotatable bonds is 6. The lowest BCUT2D eigenvalue weighted by Crippen LogP contribution is -2.38. The summed E-state index contributed by atoms with van der Waals surface area (Å²) in [5, 5.41) is 0. The molecule has 0 aromatic heterocycles. The van der Waals surface area contributed by atoms with Crippen LogP contribution < -0.4 is 4.74 Å². The molecule has 5 heteroatoms. The molecule has 1 aromatic carbocycles. The molecule has 3 fully saturated rings. The van der Waals surface area contributed by atoms with E-state index in [1.165, 1.54) is 51.0 Å². The van der Waals surface area contributed by atoms with Gasteiger partial charge in [-0.2, -0.15) is 0 Å². The lowest BCUT2D eigenvalue weighted by atomic mass is 10.1. The fraction of sp³-hybridized carbons (Fsp3) is 0.714. The fourth-order valence-corrected chi connectivity index (χ4v) is 4.54. The molecule has 144 valence electrons. The van der Waals surface area contributed by atoms with Gasteiger partial charge >= 0.3 is 0 Å². The number of benzene rings is 1. The summed E-state index contributed by atoms with van der Waals surface area (Å²) in [6.07, 6.45) is 4.05. The van der Waals surface area contributed by atoms with Crippen LogP contribution in [-0.2, 0) is 11.3 Å². The molecule has 1 atom stereocenters. The van der Waals surface area contributed by atoms with Crippen LogP contribution in [0, 0.1) is 0 Å². The second-order valence-electron chi connectivity index (χ2n) is 7.87. The Labute approximate surface area is 157 Å². The second-order valence-corrected chi connectivity index (χ2v) is 7.87. The van der Waals surface area contributed by atoms with Gasteiger partial charge in [-0.05, 0) is 56.6 Å². The molecule has 0 aliphatic carbocycles. The summed E-state index contributed by atoms with van der Waals surface area (Å²) in [5.74, 6) is 1.01. The van der Waals surface area contributed by atoms with E-state index < -0.39 is 0 Å². The SMILES string of the molecule is c1cc(CN2CCCN3CCC[C@H]3C2)cc(OCCN2CCOCC2)c1. The van der Waals surface area contributed by atoms with Crippen LogP contribution in [-0.4, -0.2) is 86.4 Å². The van der Waals surface area contributed by atoms with Gasteiger partial charge in [-0.3, -0.25) is 14.7 Å². The lowest BCUT2D eigenvalue weighted by molar-refractivity contribution is 0.0322. The lowest BCUT2D eigenvalue weighted by Gasteiger charge is -2.26. The van der Waals surface area contributed by atoms with Crippen molar-refractivity contribution in [1.82, 2.24) is 14.7 Å². The summed E-state index contributed by atoms with van der Waals surface area (Å²) in [5.41, 5.74) is 1.38. The van der Waals surface area contributed by atoms with Gasteiger partial charge in [-0.15, -0.1) is 0 Å². The molecule has 0 amide bonds. The average molecular weight is 360 g/mol. The van der Waals surface area contributed by atoms with Crippen molar-refractivity contribution in [3.8, 4) is 5.75 Å².